The molecule has 1 aliphatic carbocycles. The molecule has 1 unspecified atom stereocenters. The lowest BCUT2D eigenvalue weighted by Gasteiger charge is -2.33. The molecule has 1 aromatic heterocycles. The Bertz CT molecular complexity index is 1190. The Labute approximate surface area is 215 Å². The molecule has 0 bridgehead atoms. The maximum atomic E-state index is 13.9. The maximum absolute atomic E-state index is 13.9. The number of quaternary nitrogens is 1. The molecule has 1 fully saturated rings. The van der Waals surface area contributed by atoms with Crippen molar-refractivity contribution in [2.75, 3.05) is 25.0 Å². The van der Waals surface area contributed by atoms with E-state index < -0.39 is 22.6 Å². The molecule has 0 radical (unpaired) electrons. The molecule has 37 heavy (non-hydrogen) atoms. The minimum Gasteiger partial charge on any atom is -0.478 e. The number of pyridine rings is 1. The van der Waals surface area contributed by atoms with Gasteiger partial charge in [-0.05, 0) is 44.7 Å². The van der Waals surface area contributed by atoms with Gasteiger partial charge in [0.1, 0.15) is 37.1 Å². The van der Waals surface area contributed by atoms with Gasteiger partial charge in [-0.15, -0.1) is 4.59 Å². The van der Waals surface area contributed by atoms with E-state index >= 15 is 0 Å². The van der Waals surface area contributed by atoms with Crippen molar-refractivity contribution in [3.05, 3.63) is 71.7 Å². The highest BCUT2D eigenvalue weighted by Crippen LogP contribution is 2.29. The molecule has 1 aromatic carbocycles. The minimum atomic E-state index is -1.29. The molecule has 1 amide bonds. The predicted molar refractivity (Wildman–Crippen MR) is 135 cm³/mol. The molecule has 1 atom stereocenters. The average molecular weight is 508 g/mol. The molecule has 0 saturated heterocycles. The number of carbonyl (C=O) groups excluding carboxylic acids is 2. The van der Waals surface area contributed by atoms with E-state index in [1.165, 1.54) is 6.20 Å². The van der Waals surface area contributed by atoms with Crippen molar-refractivity contribution in [1.29, 1.82) is 0 Å². The Morgan fingerprint density at radius 3 is 2.51 bits per heavy atom. The van der Waals surface area contributed by atoms with Crippen LogP contribution in [0.25, 0.3) is 0 Å². The zero-order chi connectivity index (χ0) is 26.3. The Morgan fingerprint density at radius 2 is 1.86 bits per heavy atom. The summed E-state index contributed by atoms with van der Waals surface area (Å²) in [4.78, 5) is 42.6. The standard InChI is InChI=1S/C27H30N4O6/c1-2-31(16-17-36-27(35)37-21-13-7-4-8-14-21)25(32)24(29-20-12-9-15-28-18-20)22(26(33)34)23(30-31)19-10-5-3-6-11-19/h3,5-6,9-12,15,18,21H,2,4,7-8,13-14,16-17H2,1H3,(H-,29,30,33,34)/p+1. The van der Waals surface area contributed by atoms with Crippen LogP contribution in [0, 0.1) is 0 Å². The molecular formula is C27H31N4O6+. The van der Waals surface area contributed by atoms with E-state index in [4.69, 9.17) is 9.47 Å². The summed E-state index contributed by atoms with van der Waals surface area (Å²) in [5.74, 6) is -1.84. The van der Waals surface area contributed by atoms with E-state index in [-0.39, 0.29) is 42.8 Å². The number of aliphatic carboxylic acids is 1. The van der Waals surface area contributed by atoms with Gasteiger partial charge in [0.2, 0.25) is 0 Å². The summed E-state index contributed by atoms with van der Waals surface area (Å²) in [6.07, 6.45) is 6.97. The van der Waals surface area contributed by atoms with E-state index in [2.05, 4.69) is 15.4 Å². The van der Waals surface area contributed by atoms with Gasteiger partial charge in [0.05, 0.1) is 11.9 Å². The number of carboxylic acid groups (broad SMARTS) is 1. The van der Waals surface area contributed by atoms with Crippen LogP contribution in [0.3, 0.4) is 0 Å². The van der Waals surface area contributed by atoms with Crippen molar-refractivity contribution >= 4 is 29.4 Å². The molecule has 0 spiro atoms. The number of benzene rings is 1. The fraction of sp³-hybridized carbons (Fsp3) is 0.370. The average Bonchev–Trinajstić information content (AvgIpc) is 2.92. The van der Waals surface area contributed by atoms with Crippen LogP contribution in [-0.4, -0.2) is 64.2 Å². The molecule has 2 heterocycles. The molecular weight excluding hydrogens is 476 g/mol. The first-order valence-electron chi connectivity index (χ1n) is 12.5. The fourth-order valence-electron chi connectivity index (χ4n) is 4.58. The number of nitrogens with one attached hydrogen (secondary N) is 1. The maximum Gasteiger partial charge on any atom is 0.508 e. The van der Waals surface area contributed by atoms with Gasteiger partial charge in [-0.2, -0.15) is 0 Å². The summed E-state index contributed by atoms with van der Waals surface area (Å²) in [6.45, 7) is 1.87. The lowest BCUT2D eigenvalue weighted by atomic mass is 9.98. The van der Waals surface area contributed by atoms with Crippen LogP contribution in [-0.2, 0) is 19.1 Å². The monoisotopic (exact) mass is 507 g/mol. The normalized spacial score (nSPS) is 20.2. The van der Waals surface area contributed by atoms with E-state index in [0.29, 0.717) is 11.3 Å². The van der Waals surface area contributed by atoms with Crippen LogP contribution < -0.4 is 5.32 Å². The highest BCUT2D eigenvalue weighted by molar-refractivity contribution is 6.30. The first kappa shape index (κ1) is 26.0. The number of hydrogen-bond acceptors (Lipinski definition) is 8. The smallest absolute Gasteiger partial charge is 0.478 e. The number of rotatable bonds is 9. The van der Waals surface area contributed by atoms with Crippen molar-refractivity contribution in [3.8, 4) is 0 Å². The lowest BCUT2D eigenvalue weighted by Crippen LogP contribution is -2.55. The van der Waals surface area contributed by atoms with Gasteiger partial charge in [-0.25, -0.2) is 14.4 Å². The van der Waals surface area contributed by atoms with Crippen molar-refractivity contribution in [1.82, 2.24) is 4.98 Å². The molecule has 2 aromatic rings. The van der Waals surface area contributed by atoms with Gasteiger partial charge in [0.25, 0.3) is 0 Å². The first-order valence-corrected chi connectivity index (χ1v) is 12.5. The molecule has 10 heteroatoms. The third-order valence-electron chi connectivity index (χ3n) is 6.58. The minimum absolute atomic E-state index is 0.0105. The fourth-order valence-corrected chi connectivity index (χ4v) is 4.58. The van der Waals surface area contributed by atoms with Gasteiger partial charge >= 0.3 is 18.0 Å². The summed E-state index contributed by atoms with van der Waals surface area (Å²) in [6, 6.07) is 12.2. The Kier molecular flexibility index (Phi) is 8.29. The number of carbonyl (C=O) groups is 3. The van der Waals surface area contributed by atoms with Crippen molar-refractivity contribution in [3.63, 3.8) is 0 Å². The molecule has 2 aliphatic rings. The lowest BCUT2D eigenvalue weighted by molar-refractivity contribution is -0.858. The van der Waals surface area contributed by atoms with E-state index in [0.717, 1.165) is 32.1 Å². The largest absolute Gasteiger partial charge is 0.508 e. The second-order valence-electron chi connectivity index (χ2n) is 8.98. The zero-order valence-corrected chi connectivity index (χ0v) is 20.8. The Hall–Kier alpha value is -4.05. The van der Waals surface area contributed by atoms with E-state index in [9.17, 15) is 19.5 Å². The summed E-state index contributed by atoms with van der Waals surface area (Å²) in [5, 5.41) is 17.8. The summed E-state index contributed by atoms with van der Waals surface area (Å²) < 4.78 is 10.3. The van der Waals surface area contributed by atoms with Crippen LogP contribution in [0.4, 0.5) is 10.5 Å². The first-order chi connectivity index (χ1) is 17.9. The second-order valence-corrected chi connectivity index (χ2v) is 8.98. The van der Waals surface area contributed by atoms with Gasteiger partial charge in [-0.3, -0.25) is 4.98 Å². The number of anilines is 1. The van der Waals surface area contributed by atoms with Gasteiger partial charge in [-0.1, -0.05) is 41.9 Å². The molecule has 194 valence electrons. The second kappa shape index (κ2) is 11.8. The predicted octanol–water partition coefficient (Wildman–Crippen LogP) is 4.10. The number of aromatic nitrogens is 1. The van der Waals surface area contributed by atoms with Crippen molar-refractivity contribution < 1.29 is 33.6 Å². The van der Waals surface area contributed by atoms with Crippen LogP contribution in [0.2, 0.25) is 0 Å². The highest BCUT2D eigenvalue weighted by Gasteiger charge is 2.47. The third kappa shape index (κ3) is 6.03. The third-order valence-corrected chi connectivity index (χ3v) is 6.58. The number of likely N-dealkylation sites (N-methyl/N-ethyl adjacent to an activating group) is 1. The summed E-state index contributed by atoms with van der Waals surface area (Å²) >= 11 is 0. The van der Waals surface area contributed by atoms with Crippen LogP contribution in [0.15, 0.2) is 71.2 Å². The van der Waals surface area contributed by atoms with Crippen LogP contribution in [0.1, 0.15) is 44.6 Å². The van der Waals surface area contributed by atoms with E-state index in [1.807, 2.05) is 6.07 Å². The topological polar surface area (TPSA) is 127 Å². The number of carboxylic acids is 1. The number of nitrogens with zero attached hydrogens (tertiary/aromatic N) is 3. The summed E-state index contributed by atoms with van der Waals surface area (Å²) in [5.41, 5.74) is 0.818. The SMILES string of the molecule is CC[N+]1(CCOC(=O)OC2CCCCC2)N=C(c2ccccc2)C(C(=O)O)=C(Nc2cccnc2)C1=O. The summed E-state index contributed by atoms with van der Waals surface area (Å²) in [7, 11) is 0. The number of hydrogen-bond donors (Lipinski definition) is 2. The zero-order valence-electron chi connectivity index (χ0n) is 20.8. The van der Waals surface area contributed by atoms with Crippen LogP contribution >= 0.6 is 0 Å². The van der Waals surface area contributed by atoms with E-state index in [1.54, 1.807) is 49.5 Å². The molecule has 2 N–H and O–H groups in total. The molecule has 4 rings (SSSR count). The van der Waals surface area contributed by atoms with Gasteiger partial charge in [0, 0.05) is 11.8 Å². The quantitative estimate of drug-likeness (QED) is 0.384. The Balaban J connectivity index is 1.64. The van der Waals surface area contributed by atoms with Gasteiger partial charge < -0.3 is 19.9 Å². The molecule has 10 nitrogen and oxygen atoms in total. The van der Waals surface area contributed by atoms with Crippen molar-refractivity contribution in [2.45, 2.75) is 45.1 Å². The molecule has 1 aliphatic heterocycles. The molecule has 1 saturated carbocycles. The van der Waals surface area contributed by atoms with Crippen LogP contribution in [0.5, 0.6) is 0 Å². The van der Waals surface area contributed by atoms with Crippen molar-refractivity contribution in [2.24, 2.45) is 5.10 Å². The highest BCUT2D eigenvalue weighted by atomic mass is 16.7. The number of amides is 1. The van der Waals surface area contributed by atoms with Gasteiger partial charge in [0.15, 0.2) is 5.70 Å². The Morgan fingerprint density at radius 1 is 1.11 bits per heavy atom. The number of ether oxygens (including phenoxy) is 2.